The summed E-state index contributed by atoms with van der Waals surface area (Å²) in [6, 6.07) is 13.3. The number of nitrogens with one attached hydrogen (secondary N) is 1. The fraction of sp³-hybridized carbons (Fsp3) is 0.333. The molecule has 7 heteroatoms. The van der Waals surface area contributed by atoms with Gasteiger partial charge in [-0.1, -0.05) is 33.2 Å². The Bertz CT molecular complexity index is 942. The zero-order valence-corrected chi connectivity index (χ0v) is 17.2. The van der Waals surface area contributed by atoms with Crippen molar-refractivity contribution in [2.24, 2.45) is 0 Å². The Morgan fingerprint density at radius 3 is 2.64 bits per heavy atom. The van der Waals surface area contributed by atoms with Crippen LogP contribution in [0.1, 0.15) is 40.9 Å². The largest absolute Gasteiger partial charge is 0.465 e. The molecule has 0 radical (unpaired) electrons. The van der Waals surface area contributed by atoms with E-state index in [1.807, 2.05) is 43.3 Å². The Balaban J connectivity index is 1.44. The van der Waals surface area contributed by atoms with Gasteiger partial charge in [0.25, 0.3) is 5.91 Å². The quantitative estimate of drug-likeness (QED) is 0.603. The lowest BCUT2D eigenvalue weighted by Gasteiger charge is -2.25. The Morgan fingerprint density at radius 2 is 1.96 bits per heavy atom. The van der Waals surface area contributed by atoms with Gasteiger partial charge in [-0.05, 0) is 57.1 Å². The number of nitrogens with zero attached hydrogens (tertiary/aromatic N) is 2. The number of furan rings is 1. The molecule has 6 nitrogen and oxygen atoms in total. The normalized spacial score (nSPS) is 15.6. The molecule has 4 rings (SSSR count). The minimum Gasteiger partial charge on any atom is -0.465 e. The number of carbonyl (C=O) groups is 1. The summed E-state index contributed by atoms with van der Waals surface area (Å²) in [5.74, 6) is 2.08. The Hall–Kier alpha value is -2.38. The number of rotatable bonds is 6. The first-order chi connectivity index (χ1) is 13.6. The fourth-order valence-corrected chi connectivity index (χ4v) is 3.77. The van der Waals surface area contributed by atoms with E-state index in [2.05, 4.69) is 31.3 Å². The Labute approximate surface area is 172 Å². The maximum absolute atomic E-state index is 12.6. The predicted octanol–water partition coefficient (Wildman–Crippen LogP) is 4.57. The molecule has 3 heterocycles. The van der Waals surface area contributed by atoms with Crippen molar-refractivity contribution in [1.29, 1.82) is 0 Å². The summed E-state index contributed by atoms with van der Waals surface area (Å²) >= 11 is 3.41. The van der Waals surface area contributed by atoms with Gasteiger partial charge in [0.2, 0.25) is 0 Å². The molecule has 1 amide bonds. The van der Waals surface area contributed by atoms with Crippen LogP contribution >= 0.6 is 15.9 Å². The lowest BCUT2D eigenvalue weighted by molar-refractivity contribution is 0.0924. The highest BCUT2D eigenvalue weighted by atomic mass is 79.9. The van der Waals surface area contributed by atoms with Crippen LogP contribution in [0.2, 0.25) is 0 Å². The van der Waals surface area contributed by atoms with Gasteiger partial charge in [-0.3, -0.25) is 9.69 Å². The summed E-state index contributed by atoms with van der Waals surface area (Å²) in [6.45, 7) is 4.42. The molecule has 1 aromatic carbocycles. The minimum atomic E-state index is -0.250. The van der Waals surface area contributed by atoms with E-state index in [0.717, 1.165) is 34.6 Å². The zero-order chi connectivity index (χ0) is 19.5. The van der Waals surface area contributed by atoms with Crippen molar-refractivity contribution in [3.8, 4) is 11.3 Å². The van der Waals surface area contributed by atoms with E-state index >= 15 is 0 Å². The summed E-state index contributed by atoms with van der Waals surface area (Å²) in [5.41, 5.74) is 1.14. The second kappa shape index (κ2) is 8.32. The maximum atomic E-state index is 12.6. The fourth-order valence-electron chi connectivity index (χ4n) is 3.51. The number of aromatic nitrogens is 1. The molecule has 0 saturated carbocycles. The third kappa shape index (κ3) is 4.20. The van der Waals surface area contributed by atoms with Crippen LogP contribution in [0.5, 0.6) is 0 Å². The van der Waals surface area contributed by atoms with Crippen molar-refractivity contribution in [2.75, 3.05) is 19.6 Å². The minimum absolute atomic E-state index is 0.0259. The smallest absolute Gasteiger partial charge is 0.273 e. The van der Waals surface area contributed by atoms with Crippen LogP contribution in [0, 0.1) is 6.92 Å². The summed E-state index contributed by atoms with van der Waals surface area (Å²) in [4.78, 5) is 15.0. The molecule has 1 atom stereocenters. The van der Waals surface area contributed by atoms with Crippen molar-refractivity contribution < 1.29 is 13.7 Å². The summed E-state index contributed by atoms with van der Waals surface area (Å²) in [5, 5.41) is 6.92. The van der Waals surface area contributed by atoms with E-state index in [1.165, 1.54) is 12.8 Å². The van der Waals surface area contributed by atoms with Gasteiger partial charge in [0.15, 0.2) is 11.5 Å². The number of carbonyl (C=O) groups excluding carboxylic acids is 1. The first-order valence-electron chi connectivity index (χ1n) is 9.41. The third-order valence-corrected chi connectivity index (χ3v) is 5.53. The highest BCUT2D eigenvalue weighted by molar-refractivity contribution is 9.10. The number of halogens is 1. The molecule has 1 unspecified atom stereocenters. The Morgan fingerprint density at radius 1 is 1.21 bits per heavy atom. The highest BCUT2D eigenvalue weighted by Gasteiger charge is 2.27. The maximum Gasteiger partial charge on any atom is 0.273 e. The average molecular weight is 444 g/mol. The second-order valence-electron chi connectivity index (χ2n) is 7.00. The number of hydrogen-bond acceptors (Lipinski definition) is 5. The molecule has 1 aliphatic heterocycles. The molecule has 28 heavy (non-hydrogen) atoms. The predicted molar refractivity (Wildman–Crippen MR) is 109 cm³/mol. The molecule has 3 aromatic rings. The molecule has 0 bridgehead atoms. The van der Waals surface area contributed by atoms with Crippen LogP contribution in [0.4, 0.5) is 0 Å². The molecular formula is C21H22BrN3O3. The molecule has 1 N–H and O–H groups in total. The van der Waals surface area contributed by atoms with Crippen LogP contribution in [0.3, 0.4) is 0 Å². The number of benzene rings is 1. The van der Waals surface area contributed by atoms with Gasteiger partial charge in [-0.15, -0.1) is 0 Å². The van der Waals surface area contributed by atoms with Gasteiger partial charge in [0.05, 0.1) is 6.04 Å². The first kappa shape index (κ1) is 19.0. The van der Waals surface area contributed by atoms with Gasteiger partial charge in [-0.2, -0.15) is 0 Å². The van der Waals surface area contributed by atoms with Crippen LogP contribution in [0.15, 0.2) is 55.9 Å². The van der Waals surface area contributed by atoms with Crippen LogP contribution in [-0.2, 0) is 0 Å². The van der Waals surface area contributed by atoms with Crippen LogP contribution in [0.25, 0.3) is 11.3 Å². The third-order valence-electron chi connectivity index (χ3n) is 5.00. The van der Waals surface area contributed by atoms with Gasteiger partial charge in [0, 0.05) is 22.6 Å². The molecule has 1 fully saturated rings. The average Bonchev–Trinajstić information content (AvgIpc) is 3.44. The molecule has 0 aliphatic carbocycles. The van der Waals surface area contributed by atoms with Crippen LogP contribution in [-0.4, -0.2) is 35.6 Å². The molecular weight excluding hydrogens is 422 g/mol. The molecule has 1 saturated heterocycles. The zero-order valence-electron chi connectivity index (χ0n) is 15.7. The molecule has 2 aromatic heterocycles. The summed E-state index contributed by atoms with van der Waals surface area (Å²) < 4.78 is 12.2. The standard InChI is InChI=1S/C21H22BrN3O3/c1-14-4-9-19(27-14)18(25-10-2-3-11-25)13-23-21(26)17-12-20(28-24-17)15-5-7-16(22)8-6-15/h4-9,12,18H,2-3,10-11,13H2,1H3,(H,23,26). The molecule has 146 valence electrons. The van der Waals surface area contributed by atoms with E-state index < -0.39 is 0 Å². The number of likely N-dealkylation sites (tertiary alicyclic amines) is 1. The lowest BCUT2D eigenvalue weighted by atomic mass is 10.1. The highest BCUT2D eigenvalue weighted by Crippen LogP contribution is 2.26. The van der Waals surface area contributed by atoms with Crippen molar-refractivity contribution >= 4 is 21.8 Å². The summed E-state index contributed by atoms with van der Waals surface area (Å²) in [6.07, 6.45) is 2.34. The van der Waals surface area contributed by atoms with Crippen LogP contribution < -0.4 is 5.32 Å². The summed E-state index contributed by atoms with van der Waals surface area (Å²) in [7, 11) is 0. The van der Waals surface area contributed by atoms with Crippen molar-refractivity contribution in [1.82, 2.24) is 15.4 Å². The van der Waals surface area contributed by atoms with Gasteiger partial charge < -0.3 is 14.3 Å². The van der Waals surface area contributed by atoms with E-state index in [0.29, 0.717) is 12.3 Å². The van der Waals surface area contributed by atoms with Crippen molar-refractivity contribution in [3.05, 3.63) is 64.2 Å². The van der Waals surface area contributed by atoms with Gasteiger partial charge >= 0.3 is 0 Å². The second-order valence-corrected chi connectivity index (χ2v) is 7.92. The van der Waals surface area contributed by atoms with Gasteiger partial charge in [0.1, 0.15) is 11.5 Å². The monoisotopic (exact) mass is 443 g/mol. The number of aryl methyl sites for hydroxylation is 1. The SMILES string of the molecule is Cc1ccc(C(CNC(=O)c2cc(-c3ccc(Br)cc3)on2)N2CCCC2)o1. The van der Waals surface area contributed by atoms with Gasteiger partial charge in [-0.25, -0.2) is 0 Å². The topological polar surface area (TPSA) is 71.5 Å². The van der Waals surface area contributed by atoms with Crippen molar-refractivity contribution in [2.45, 2.75) is 25.8 Å². The lowest BCUT2D eigenvalue weighted by Crippen LogP contribution is -2.36. The molecule has 1 aliphatic rings. The number of amides is 1. The van der Waals surface area contributed by atoms with E-state index in [9.17, 15) is 4.79 Å². The molecule has 0 spiro atoms. The van der Waals surface area contributed by atoms with E-state index in [1.54, 1.807) is 6.07 Å². The van der Waals surface area contributed by atoms with Crippen molar-refractivity contribution in [3.63, 3.8) is 0 Å². The van der Waals surface area contributed by atoms with E-state index in [4.69, 9.17) is 8.94 Å². The first-order valence-corrected chi connectivity index (χ1v) is 10.2. The Kier molecular flexibility index (Phi) is 5.64. The van der Waals surface area contributed by atoms with E-state index in [-0.39, 0.29) is 17.6 Å². The number of hydrogen-bond donors (Lipinski definition) is 1.